The maximum Gasteiger partial charge on any atom is 0.235 e. The summed E-state index contributed by atoms with van der Waals surface area (Å²) < 4.78 is 10.4. The molecule has 0 amide bonds. The van der Waals surface area contributed by atoms with Gasteiger partial charge in [-0.25, -0.2) is 0 Å². The van der Waals surface area contributed by atoms with Gasteiger partial charge in [0.25, 0.3) is 0 Å². The summed E-state index contributed by atoms with van der Waals surface area (Å²) >= 11 is 0. The van der Waals surface area contributed by atoms with Crippen molar-refractivity contribution in [2.75, 3.05) is 6.79 Å². The molecule has 4 nitrogen and oxygen atoms in total. The van der Waals surface area contributed by atoms with Crippen molar-refractivity contribution in [2.45, 2.75) is 31.6 Å². The lowest BCUT2D eigenvalue weighted by Crippen LogP contribution is -2.36. The van der Waals surface area contributed by atoms with Crippen molar-refractivity contribution >= 4 is 0 Å². The van der Waals surface area contributed by atoms with E-state index in [9.17, 15) is 5.11 Å². The number of ether oxygens (including phenoxy) is 2. The van der Waals surface area contributed by atoms with Crippen LogP contribution in [-0.2, 0) is 9.47 Å². The van der Waals surface area contributed by atoms with Crippen molar-refractivity contribution in [1.82, 2.24) is 0 Å². The molecule has 83 valence electrons. The Morgan fingerprint density at radius 1 is 1.60 bits per heavy atom. The van der Waals surface area contributed by atoms with Crippen LogP contribution in [0.15, 0.2) is 23.5 Å². The highest BCUT2D eigenvalue weighted by Gasteiger charge is 2.43. The van der Waals surface area contributed by atoms with Gasteiger partial charge in [0.05, 0.1) is 6.42 Å². The van der Waals surface area contributed by atoms with E-state index in [0.29, 0.717) is 12.2 Å². The van der Waals surface area contributed by atoms with Crippen LogP contribution in [0.5, 0.6) is 0 Å². The summed E-state index contributed by atoms with van der Waals surface area (Å²) in [4.78, 5) is 0. The third kappa shape index (κ3) is 2.07. The summed E-state index contributed by atoms with van der Waals surface area (Å²) in [6.45, 7) is 3.95. The van der Waals surface area contributed by atoms with E-state index in [0.717, 1.165) is 5.57 Å². The van der Waals surface area contributed by atoms with E-state index in [-0.39, 0.29) is 12.3 Å². The lowest BCUT2D eigenvalue weighted by Gasteiger charge is -2.27. The number of rotatable bonds is 2. The molecule has 4 heteroatoms. The molecule has 15 heavy (non-hydrogen) atoms. The molecule has 1 atom stereocenters. The van der Waals surface area contributed by atoms with Crippen LogP contribution in [0.25, 0.3) is 0 Å². The van der Waals surface area contributed by atoms with Crippen LogP contribution < -0.4 is 5.73 Å². The molecule has 1 heterocycles. The number of hydrogen-bond donors (Lipinski definition) is 2. The van der Waals surface area contributed by atoms with Crippen molar-refractivity contribution in [2.24, 2.45) is 5.73 Å². The molecule has 0 aromatic rings. The van der Waals surface area contributed by atoms with E-state index in [1.165, 1.54) is 0 Å². The summed E-state index contributed by atoms with van der Waals surface area (Å²) in [7, 11) is 0. The summed E-state index contributed by atoms with van der Waals surface area (Å²) in [6.07, 6.45) is 5.87. The molecule has 1 saturated heterocycles. The number of allylic oxidation sites excluding steroid dienone is 1. The SMILES string of the molecule is CC(C)(N)CC1=C2OCOC2(O)[CH]C=C1. The monoisotopic (exact) mass is 210 g/mol. The van der Waals surface area contributed by atoms with Crippen molar-refractivity contribution < 1.29 is 14.6 Å². The maximum absolute atomic E-state index is 10.0. The van der Waals surface area contributed by atoms with Gasteiger partial charge >= 0.3 is 0 Å². The minimum Gasteiger partial charge on any atom is -0.466 e. The topological polar surface area (TPSA) is 64.7 Å². The Morgan fingerprint density at radius 3 is 3.00 bits per heavy atom. The minimum absolute atomic E-state index is 0.0819. The van der Waals surface area contributed by atoms with Gasteiger partial charge in [-0.1, -0.05) is 12.2 Å². The van der Waals surface area contributed by atoms with Gasteiger partial charge in [-0.15, -0.1) is 0 Å². The van der Waals surface area contributed by atoms with E-state index >= 15 is 0 Å². The standard InChI is InChI=1S/C11H16NO3/c1-10(2,12)6-8-4-3-5-11(13)9(8)14-7-15-11/h3-5,13H,6-7,12H2,1-2H3. The van der Waals surface area contributed by atoms with Crippen LogP contribution in [0.3, 0.4) is 0 Å². The minimum atomic E-state index is -1.38. The molecule has 0 bridgehead atoms. The Bertz CT molecular complexity index is 327. The number of hydrogen-bond acceptors (Lipinski definition) is 4. The fourth-order valence-electron chi connectivity index (χ4n) is 1.79. The molecule has 0 spiro atoms. The molecular weight excluding hydrogens is 194 g/mol. The number of fused-ring (bicyclic) bond motifs is 1. The molecule has 2 rings (SSSR count). The Morgan fingerprint density at radius 2 is 2.33 bits per heavy atom. The molecule has 2 aliphatic rings. The molecule has 1 aliphatic heterocycles. The quantitative estimate of drug-likeness (QED) is 0.708. The molecule has 0 aromatic heterocycles. The van der Waals surface area contributed by atoms with Crippen molar-refractivity contribution in [3.05, 3.63) is 29.9 Å². The highest BCUT2D eigenvalue weighted by molar-refractivity contribution is 5.38. The molecule has 1 radical (unpaired) electrons. The van der Waals surface area contributed by atoms with Crippen LogP contribution in [0.4, 0.5) is 0 Å². The molecular formula is C11H16NO3. The second-order valence-electron chi connectivity index (χ2n) is 4.65. The van der Waals surface area contributed by atoms with Crippen LogP contribution >= 0.6 is 0 Å². The van der Waals surface area contributed by atoms with Gasteiger partial charge in [0, 0.05) is 5.54 Å². The average Bonchev–Trinajstić information content (AvgIpc) is 2.44. The largest absolute Gasteiger partial charge is 0.466 e. The third-order valence-electron chi connectivity index (χ3n) is 2.36. The van der Waals surface area contributed by atoms with Gasteiger partial charge in [-0.05, 0) is 25.8 Å². The average molecular weight is 210 g/mol. The molecule has 3 N–H and O–H groups in total. The Balaban J connectivity index is 2.29. The normalized spacial score (nSPS) is 30.4. The fourth-order valence-corrected chi connectivity index (χ4v) is 1.79. The van der Waals surface area contributed by atoms with Crippen molar-refractivity contribution in [1.29, 1.82) is 0 Å². The first-order valence-electron chi connectivity index (χ1n) is 4.95. The first-order valence-corrected chi connectivity index (χ1v) is 4.95. The second-order valence-corrected chi connectivity index (χ2v) is 4.65. The van der Waals surface area contributed by atoms with Crippen LogP contribution in [0, 0.1) is 6.42 Å². The van der Waals surface area contributed by atoms with E-state index < -0.39 is 5.79 Å². The van der Waals surface area contributed by atoms with Crippen LogP contribution in [0.1, 0.15) is 20.3 Å². The first kappa shape index (κ1) is 10.7. The maximum atomic E-state index is 10.0. The number of aliphatic hydroxyl groups is 1. The fraction of sp³-hybridized carbons (Fsp3) is 0.545. The molecule has 0 saturated carbocycles. The van der Waals surface area contributed by atoms with Gasteiger partial charge < -0.3 is 20.3 Å². The second kappa shape index (κ2) is 3.33. The van der Waals surface area contributed by atoms with E-state index in [4.69, 9.17) is 15.2 Å². The van der Waals surface area contributed by atoms with E-state index in [1.807, 2.05) is 19.9 Å². The smallest absolute Gasteiger partial charge is 0.235 e. The predicted octanol–water partition coefficient (Wildman–Crippen LogP) is 0.835. The highest BCUT2D eigenvalue weighted by atomic mass is 16.8. The zero-order valence-corrected chi connectivity index (χ0v) is 8.99. The summed E-state index contributed by atoms with van der Waals surface area (Å²) in [5.41, 5.74) is 6.49. The third-order valence-corrected chi connectivity index (χ3v) is 2.36. The lowest BCUT2D eigenvalue weighted by molar-refractivity contribution is -0.124. The van der Waals surface area contributed by atoms with Crippen molar-refractivity contribution in [3.63, 3.8) is 0 Å². The predicted molar refractivity (Wildman–Crippen MR) is 55.3 cm³/mol. The summed E-state index contributed by atoms with van der Waals surface area (Å²) in [6, 6.07) is 0. The van der Waals surface area contributed by atoms with Crippen LogP contribution in [-0.4, -0.2) is 23.2 Å². The lowest BCUT2D eigenvalue weighted by atomic mass is 9.90. The Labute approximate surface area is 89.4 Å². The summed E-state index contributed by atoms with van der Waals surface area (Å²) in [5, 5.41) is 10.0. The van der Waals surface area contributed by atoms with Crippen molar-refractivity contribution in [3.8, 4) is 0 Å². The molecule has 1 unspecified atom stereocenters. The van der Waals surface area contributed by atoms with Gasteiger partial charge in [0.1, 0.15) is 0 Å². The summed E-state index contributed by atoms with van der Waals surface area (Å²) in [5.74, 6) is -0.904. The zero-order valence-electron chi connectivity index (χ0n) is 8.99. The highest BCUT2D eigenvalue weighted by Crippen LogP contribution is 2.37. The van der Waals surface area contributed by atoms with Gasteiger partial charge in [-0.2, -0.15) is 0 Å². The Hall–Kier alpha value is -0.840. The molecule has 0 aromatic carbocycles. The zero-order chi connectivity index (χ0) is 11.1. The van der Waals surface area contributed by atoms with Gasteiger partial charge in [-0.3, -0.25) is 0 Å². The van der Waals surface area contributed by atoms with Gasteiger partial charge in [0.15, 0.2) is 12.6 Å². The van der Waals surface area contributed by atoms with Crippen LogP contribution in [0.2, 0.25) is 0 Å². The first-order chi connectivity index (χ1) is 6.91. The number of nitrogens with two attached hydrogens (primary N) is 1. The molecule has 1 aliphatic carbocycles. The van der Waals surface area contributed by atoms with E-state index in [2.05, 4.69) is 0 Å². The Kier molecular flexibility index (Phi) is 2.37. The molecule has 1 fully saturated rings. The van der Waals surface area contributed by atoms with Gasteiger partial charge in [0.2, 0.25) is 5.79 Å². The van der Waals surface area contributed by atoms with E-state index in [1.54, 1.807) is 12.5 Å².